The number of rotatable bonds is 7. The van der Waals surface area contributed by atoms with Gasteiger partial charge in [-0.25, -0.2) is 4.85 Å². The van der Waals surface area contributed by atoms with Crippen molar-refractivity contribution in [2.75, 3.05) is 0 Å². The van der Waals surface area contributed by atoms with Gasteiger partial charge in [0, 0.05) is 32.7 Å². The third-order valence-electron chi connectivity index (χ3n) is 14.8. The minimum atomic E-state index is -4.87. The molecule has 10 aromatic carbocycles. The Morgan fingerprint density at radius 3 is 1.05 bits per heavy atom. The van der Waals surface area contributed by atoms with Crippen LogP contribution in [0.1, 0.15) is 33.4 Å². The molecule has 0 unspecified atom stereocenters. The summed E-state index contributed by atoms with van der Waals surface area (Å²) in [6.45, 7) is 16.8. The van der Waals surface area contributed by atoms with Crippen LogP contribution in [0.5, 0.6) is 0 Å². The second-order valence-corrected chi connectivity index (χ2v) is 19.2. The number of aromatic nitrogens is 2. The van der Waals surface area contributed by atoms with Crippen molar-refractivity contribution in [3.8, 4) is 73.1 Å². The Balaban J connectivity index is 1.26. The predicted octanol–water partition coefficient (Wildman–Crippen LogP) is 18.9. The SMILES string of the molecule is [C-]#[N+]c1cccc(C(F)(F)F)c1-c1c(-n2c3ccc(-c4ccccc4C)cc3c3cc(-c4ccccc4C)ccc32)cc(C#N)cc1-n1c2ccc(-c3ccccc3C)cc2c2cc(-c3ccccc3C)ccc21. The van der Waals surface area contributed by atoms with Gasteiger partial charge in [-0.1, -0.05) is 140 Å². The summed E-state index contributed by atoms with van der Waals surface area (Å²) in [7, 11) is 0. The van der Waals surface area contributed by atoms with Gasteiger partial charge in [0.05, 0.1) is 57.2 Å². The molecule has 354 valence electrons. The maximum atomic E-state index is 15.9. The lowest BCUT2D eigenvalue weighted by atomic mass is 9.92. The predicted molar refractivity (Wildman–Crippen MR) is 297 cm³/mol. The van der Waals surface area contributed by atoms with Gasteiger partial charge in [-0.2, -0.15) is 18.4 Å². The van der Waals surface area contributed by atoms with Crippen molar-refractivity contribution in [1.29, 1.82) is 5.26 Å². The smallest absolute Gasteiger partial charge is 0.309 e. The van der Waals surface area contributed by atoms with Gasteiger partial charge in [0.1, 0.15) is 0 Å². The van der Waals surface area contributed by atoms with Crippen molar-refractivity contribution in [2.45, 2.75) is 33.9 Å². The number of nitrogens with zero attached hydrogens (tertiary/aromatic N) is 4. The summed E-state index contributed by atoms with van der Waals surface area (Å²) in [5.41, 5.74) is 15.2. The molecule has 0 bridgehead atoms. The van der Waals surface area contributed by atoms with E-state index in [4.69, 9.17) is 6.57 Å². The highest BCUT2D eigenvalue weighted by Crippen LogP contribution is 2.51. The highest BCUT2D eigenvalue weighted by atomic mass is 19.4. The molecule has 2 heterocycles. The fourth-order valence-electron chi connectivity index (χ4n) is 11.2. The van der Waals surface area contributed by atoms with Gasteiger partial charge in [-0.15, -0.1) is 0 Å². The van der Waals surface area contributed by atoms with Crippen LogP contribution in [0.2, 0.25) is 0 Å². The zero-order valence-electron chi connectivity index (χ0n) is 41.0. The first-order chi connectivity index (χ1) is 35.9. The van der Waals surface area contributed by atoms with Crippen LogP contribution in [0.3, 0.4) is 0 Å². The average Bonchev–Trinajstić information content (AvgIpc) is 3.92. The molecule has 0 N–H and O–H groups in total. The maximum absolute atomic E-state index is 15.9. The summed E-state index contributed by atoms with van der Waals surface area (Å²) < 4.78 is 51.8. The lowest BCUT2D eigenvalue weighted by Gasteiger charge is -2.24. The van der Waals surface area contributed by atoms with Crippen LogP contribution < -0.4 is 0 Å². The van der Waals surface area contributed by atoms with Crippen molar-refractivity contribution in [1.82, 2.24) is 9.13 Å². The quantitative estimate of drug-likeness (QED) is 0.147. The summed E-state index contributed by atoms with van der Waals surface area (Å²) >= 11 is 0. The van der Waals surface area contributed by atoms with Crippen molar-refractivity contribution in [3.63, 3.8) is 0 Å². The minimum Gasteiger partial charge on any atom is -0.309 e. The minimum absolute atomic E-state index is 0.164. The highest BCUT2D eigenvalue weighted by molar-refractivity contribution is 6.15. The van der Waals surface area contributed by atoms with Crippen LogP contribution in [0.25, 0.3) is 115 Å². The Morgan fingerprint density at radius 2 is 0.757 bits per heavy atom. The molecular weight excluding hydrogens is 918 g/mol. The zero-order valence-corrected chi connectivity index (χ0v) is 41.0. The summed E-state index contributed by atoms with van der Waals surface area (Å²) in [5, 5.41) is 14.7. The molecule has 0 saturated carbocycles. The first-order valence-electron chi connectivity index (χ1n) is 24.5. The lowest BCUT2D eigenvalue weighted by Crippen LogP contribution is -2.11. The van der Waals surface area contributed by atoms with Gasteiger partial charge in [0.25, 0.3) is 0 Å². The Morgan fingerprint density at radius 1 is 0.419 bits per heavy atom. The van der Waals surface area contributed by atoms with Gasteiger partial charge in [-0.3, -0.25) is 0 Å². The van der Waals surface area contributed by atoms with E-state index in [1.807, 2.05) is 81.9 Å². The van der Waals surface area contributed by atoms with Crippen LogP contribution in [0.4, 0.5) is 18.9 Å². The molecule has 2 aromatic heterocycles. The largest absolute Gasteiger partial charge is 0.415 e. The van der Waals surface area contributed by atoms with E-state index in [1.54, 1.807) is 12.1 Å². The molecule has 0 aliphatic rings. The van der Waals surface area contributed by atoms with Crippen molar-refractivity contribution in [2.24, 2.45) is 0 Å². The number of nitriles is 1. The third kappa shape index (κ3) is 7.44. The molecule has 0 spiro atoms. The van der Waals surface area contributed by atoms with E-state index in [2.05, 4.69) is 136 Å². The zero-order chi connectivity index (χ0) is 51.0. The van der Waals surface area contributed by atoms with E-state index in [0.29, 0.717) is 11.4 Å². The lowest BCUT2D eigenvalue weighted by molar-refractivity contribution is -0.137. The van der Waals surface area contributed by atoms with Crippen LogP contribution in [0.15, 0.2) is 200 Å². The topological polar surface area (TPSA) is 38.0 Å². The van der Waals surface area contributed by atoms with Gasteiger partial charge in [0.2, 0.25) is 0 Å². The van der Waals surface area contributed by atoms with E-state index in [9.17, 15) is 5.26 Å². The number of hydrogen-bond acceptors (Lipinski definition) is 1. The van der Waals surface area contributed by atoms with Crippen molar-refractivity contribution >= 4 is 49.3 Å². The molecular formula is C67H45F3N4. The first-order valence-corrected chi connectivity index (χ1v) is 24.5. The molecule has 0 radical (unpaired) electrons. The molecule has 12 aromatic rings. The van der Waals surface area contributed by atoms with Crippen LogP contribution in [-0.4, -0.2) is 9.13 Å². The van der Waals surface area contributed by atoms with Gasteiger partial charge < -0.3 is 9.13 Å². The number of fused-ring (bicyclic) bond motifs is 6. The highest BCUT2D eigenvalue weighted by Gasteiger charge is 2.37. The molecule has 0 aliphatic carbocycles. The maximum Gasteiger partial charge on any atom is 0.415 e. The number of alkyl halides is 3. The second-order valence-electron chi connectivity index (χ2n) is 19.2. The number of hydrogen-bond donors (Lipinski definition) is 0. The summed E-state index contributed by atoms with van der Waals surface area (Å²) in [4.78, 5) is 3.84. The van der Waals surface area contributed by atoms with Gasteiger partial charge >= 0.3 is 6.18 Å². The van der Waals surface area contributed by atoms with Crippen molar-refractivity contribution < 1.29 is 13.2 Å². The van der Waals surface area contributed by atoms with Crippen molar-refractivity contribution in [3.05, 3.63) is 245 Å². The van der Waals surface area contributed by atoms with Gasteiger partial charge in [0.15, 0.2) is 5.69 Å². The molecule has 4 nitrogen and oxygen atoms in total. The van der Waals surface area contributed by atoms with Gasteiger partial charge in [-0.05, 0) is 155 Å². The van der Waals surface area contributed by atoms with Crippen LogP contribution in [-0.2, 0) is 6.18 Å². The monoisotopic (exact) mass is 962 g/mol. The molecule has 74 heavy (non-hydrogen) atoms. The molecule has 12 rings (SSSR count). The number of aryl methyl sites for hydroxylation is 4. The van der Waals surface area contributed by atoms with E-state index >= 15 is 13.2 Å². The summed E-state index contributed by atoms with van der Waals surface area (Å²) in [6.07, 6.45) is -4.87. The normalized spacial score (nSPS) is 11.7. The Labute approximate surface area is 426 Å². The first kappa shape index (κ1) is 45.7. The molecule has 0 fully saturated rings. The fraction of sp³-hybridized carbons (Fsp3) is 0.0746. The van der Waals surface area contributed by atoms with Crippen LogP contribution >= 0.6 is 0 Å². The van der Waals surface area contributed by atoms with Crippen LogP contribution in [0, 0.1) is 45.6 Å². The third-order valence-corrected chi connectivity index (χ3v) is 14.8. The Kier molecular flexibility index (Phi) is 10.9. The average molecular weight is 963 g/mol. The molecule has 0 atom stereocenters. The van der Waals surface area contributed by atoms with E-state index in [0.717, 1.165) is 116 Å². The summed E-state index contributed by atoms with van der Waals surface area (Å²) in [6, 6.07) is 67.3. The molecule has 7 heteroatoms. The van der Waals surface area contributed by atoms with E-state index < -0.39 is 11.7 Å². The fourth-order valence-corrected chi connectivity index (χ4v) is 11.2. The summed E-state index contributed by atoms with van der Waals surface area (Å²) in [5.74, 6) is 0. The molecule has 0 saturated heterocycles. The Hall–Kier alpha value is -9.43. The number of halogens is 3. The molecule has 0 amide bonds. The van der Waals surface area contributed by atoms with E-state index in [-0.39, 0.29) is 22.4 Å². The second kappa shape index (κ2) is 17.7. The Bertz CT molecular complexity index is 3940. The molecule has 0 aliphatic heterocycles. The standard InChI is InChI=1S/C67H45F3N4/c1-40-15-6-10-19-49(40)45-25-29-59-53(35-45)54-36-46(50-20-11-7-16-41(50)2)26-30-60(54)73(59)63-33-44(39-71)34-64(66(63)65-57(67(68,69)70)23-14-24-58(65)72-5)74-61-31-27-47(51-21-12-8-17-42(51)3)37-55(61)56-38-48(28-32-62(56)74)52-22-13-9-18-43(52)4/h6-38H,1-4H3. The number of benzene rings is 10. The van der Waals surface area contributed by atoms with E-state index in [1.165, 1.54) is 12.1 Å².